The molecule has 104 valence electrons. The Morgan fingerprint density at radius 3 is 2.58 bits per heavy atom. The standard InChI is InChI=1S/C10H10ClF3N4S/c1-17-4-6(11)3-7(17)5-18(2)9-16-15-8(19-9)10(12,13)14/h3-4H,5H2,1-2H3. The maximum Gasteiger partial charge on any atom is 0.445 e. The van der Waals surface area contributed by atoms with Crippen LogP contribution in [0.1, 0.15) is 10.7 Å². The van der Waals surface area contributed by atoms with Crippen molar-refractivity contribution in [2.24, 2.45) is 7.05 Å². The average Bonchev–Trinajstić information content (AvgIpc) is 2.85. The van der Waals surface area contributed by atoms with E-state index in [1.54, 1.807) is 24.2 Å². The molecule has 0 spiro atoms. The molecule has 0 aliphatic rings. The molecular weight excluding hydrogens is 301 g/mol. The molecule has 0 atom stereocenters. The normalized spacial score (nSPS) is 11.9. The topological polar surface area (TPSA) is 34.0 Å². The second-order valence-electron chi connectivity index (χ2n) is 4.00. The van der Waals surface area contributed by atoms with Crippen molar-refractivity contribution in [1.82, 2.24) is 14.8 Å². The van der Waals surface area contributed by atoms with E-state index >= 15 is 0 Å². The van der Waals surface area contributed by atoms with Gasteiger partial charge in [0, 0.05) is 26.0 Å². The van der Waals surface area contributed by atoms with Gasteiger partial charge in [-0.1, -0.05) is 22.9 Å². The number of hydrogen-bond acceptors (Lipinski definition) is 4. The van der Waals surface area contributed by atoms with E-state index in [4.69, 9.17) is 11.6 Å². The van der Waals surface area contributed by atoms with Crippen LogP contribution in [0.4, 0.5) is 18.3 Å². The van der Waals surface area contributed by atoms with Crippen LogP contribution in [-0.4, -0.2) is 21.8 Å². The van der Waals surface area contributed by atoms with Crippen molar-refractivity contribution in [1.29, 1.82) is 0 Å². The molecule has 0 aliphatic heterocycles. The molecule has 0 saturated heterocycles. The van der Waals surface area contributed by atoms with Gasteiger partial charge in [-0.05, 0) is 6.07 Å². The quantitative estimate of drug-likeness (QED) is 0.873. The summed E-state index contributed by atoms with van der Waals surface area (Å²) in [6.45, 7) is 0.399. The lowest BCUT2D eigenvalue weighted by atomic mass is 10.4. The Kier molecular flexibility index (Phi) is 3.73. The summed E-state index contributed by atoms with van der Waals surface area (Å²) in [5.74, 6) is 0. The van der Waals surface area contributed by atoms with Crippen molar-refractivity contribution in [3.8, 4) is 0 Å². The van der Waals surface area contributed by atoms with Crippen molar-refractivity contribution < 1.29 is 13.2 Å². The summed E-state index contributed by atoms with van der Waals surface area (Å²) in [5.41, 5.74) is 0.872. The Balaban J connectivity index is 2.14. The predicted octanol–water partition coefficient (Wildman–Crippen LogP) is 3.19. The lowest BCUT2D eigenvalue weighted by Gasteiger charge is -2.15. The van der Waals surface area contributed by atoms with E-state index in [1.165, 1.54) is 0 Å². The zero-order valence-corrected chi connectivity index (χ0v) is 11.6. The van der Waals surface area contributed by atoms with Gasteiger partial charge in [0.2, 0.25) is 10.1 Å². The number of nitrogens with zero attached hydrogens (tertiary/aromatic N) is 4. The third-order valence-electron chi connectivity index (χ3n) is 2.46. The highest BCUT2D eigenvalue weighted by Gasteiger charge is 2.36. The predicted molar refractivity (Wildman–Crippen MR) is 67.4 cm³/mol. The fraction of sp³-hybridized carbons (Fsp3) is 0.400. The van der Waals surface area contributed by atoms with Crippen molar-refractivity contribution in [3.63, 3.8) is 0 Å². The van der Waals surface area contributed by atoms with Gasteiger partial charge in [0.25, 0.3) is 0 Å². The van der Waals surface area contributed by atoms with Gasteiger partial charge in [-0.15, -0.1) is 10.2 Å². The summed E-state index contributed by atoms with van der Waals surface area (Å²) in [7, 11) is 3.47. The highest BCUT2D eigenvalue weighted by Crippen LogP contribution is 2.34. The largest absolute Gasteiger partial charge is 0.445 e. The van der Waals surface area contributed by atoms with Crippen molar-refractivity contribution in [2.45, 2.75) is 12.7 Å². The van der Waals surface area contributed by atoms with Gasteiger partial charge in [0.1, 0.15) is 0 Å². The fourth-order valence-corrected chi connectivity index (χ4v) is 2.46. The van der Waals surface area contributed by atoms with Crippen molar-refractivity contribution in [2.75, 3.05) is 11.9 Å². The third kappa shape index (κ3) is 3.19. The molecule has 0 amide bonds. The minimum atomic E-state index is -4.45. The molecule has 0 aliphatic carbocycles. The summed E-state index contributed by atoms with van der Waals surface area (Å²) in [4.78, 5) is 1.60. The third-order valence-corrected chi connectivity index (χ3v) is 3.75. The van der Waals surface area contributed by atoms with Crippen molar-refractivity contribution >= 4 is 28.1 Å². The number of aromatic nitrogens is 3. The Hall–Kier alpha value is -1.28. The first kappa shape index (κ1) is 14.1. The van der Waals surface area contributed by atoms with E-state index in [9.17, 15) is 13.2 Å². The first-order chi connectivity index (χ1) is 8.77. The first-order valence-corrected chi connectivity index (χ1v) is 6.39. The molecule has 0 saturated carbocycles. The zero-order valence-electron chi connectivity index (χ0n) is 10.1. The van der Waals surface area contributed by atoms with Crippen LogP contribution < -0.4 is 4.90 Å². The average molecular weight is 311 g/mol. The lowest BCUT2D eigenvalue weighted by Crippen LogP contribution is -2.17. The molecule has 4 nitrogen and oxygen atoms in total. The van der Waals surface area contributed by atoms with Crippen LogP contribution in [0.25, 0.3) is 0 Å². The number of alkyl halides is 3. The maximum absolute atomic E-state index is 12.4. The fourth-order valence-electron chi connectivity index (χ4n) is 1.52. The van der Waals surface area contributed by atoms with Gasteiger partial charge < -0.3 is 9.47 Å². The molecule has 0 aromatic carbocycles. The molecule has 0 unspecified atom stereocenters. The Bertz CT molecular complexity index is 578. The van der Waals surface area contributed by atoms with E-state index in [1.807, 2.05) is 11.6 Å². The summed E-state index contributed by atoms with van der Waals surface area (Å²) >= 11 is 6.36. The van der Waals surface area contributed by atoms with Gasteiger partial charge in [-0.2, -0.15) is 13.2 Å². The monoisotopic (exact) mass is 310 g/mol. The lowest BCUT2D eigenvalue weighted by molar-refractivity contribution is -0.138. The number of hydrogen-bond donors (Lipinski definition) is 0. The molecule has 0 N–H and O–H groups in total. The Morgan fingerprint density at radius 1 is 1.42 bits per heavy atom. The first-order valence-electron chi connectivity index (χ1n) is 5.20. The van der Waals surface area contributed by atoms with E-state index in [-0.39, 0.29) is 5.13 Å². The van der Waals surface area contributed by atoms with Crippen LogP contribution in [0.5, 0.6) is 0 Å². The number of aryl methyl sites for hydroxylation is 1. The second kappa shape index (κ2) is 5.01. The van der Waals surface area contributed by atoms with E-state index in [0.29, 0.717) is 22.9 Å². The summed E-state index contributed by atoms with van der Waals surface area (Å²) in [6.07, 6.45) is -2.73. The molecule has 2 rings (SSSR count). The van der Waals surface area contributed by atoms with Crippen molar-refractivity contribution in [3.05, 3.63) is 28.0 Å². The molecule has 0 radical (unpaired) electrons. The SMILES string of the molecule is CN(Cc1cc(Cl)cn1C)c1nnc(C(F)(F)F)s1. The van der Waals surface area contributed by atoms with Gasteiger partial charge in [-0.25, -0.2) is 0 Å². The summed E-state index contributed by atoms with van der Waals surface area (Å²) in [6, 6.07) is 1.75. The molecular formula is C10H10ClF3N4S. The van der Waals surface area contributed by atoms with Crippen LogP contribution >= 0.6 is 22.9 Å². The van der Waals surface area contributed by atoms with Crippen LogP contribution in [-0.2, 0) is 19.8 Å². The second-order valence-corrected chi connectivity index (χ2v) is 5.40. The minimum absolute atomic E-state index is 0.213. The highest BCUT2D eigenvalue weighted by molar-refractivity contribution is 7.15. The molecule has 2 aromatic heterocycles. The minimum Gasteiger partial charge on any atom is -0.351 e. The zero-order chi connectivity index (χ0) is 14.2. The maximum atomic E-state index is 12.4. The molecule has 19 heavy (non-hydrogen) atoms. The molecule has 9 heteroatoms. The molecule has 2 heterocycles. The summed E-state index contributed by atoms with van der Waals surface area (Å²) in [5, 5.41) is 6.54. The number of halogens is 4. The van der Waals surface area contributed by atoms with Crippen LogP contribution in [0.2, 0.25) is 5.02 Å². The van der Waals surface area contributed by atoms with Crippen LogP contribution in [0.15, 0.2) is 12.3 Å². The molecule has 2 aromatic rings. The van der Waals surface area contributed by atoms with Gasteiger partial charge >= 0.3 is 6.18 Å². The highest BCUT2D eigenvalue weighted by atomic mass is 35.5. The van der Waals surface area contributed by atoms with Gasteiger partial charge in [-0.3, -0.25) is 0 Å². The van der Waals surface area contributed by atoms with E-state index < -0.39 is 11.2 Å². The van der Waals surface area contributed by atoms with Gasteiger partial charge in [0.05, 0.1) is 11.6 Å². The Labute approximate surface area is 116 Å². The number of anilines is 1. The Morgan fingerprint density at radius 2 is 2.11 bits per heavy atom. The van der Waals surface area contributed by atoms with Crippen LogP contribution in [0.3, 0.4) is 0 Å². The van der Waals surface area contributed by atoms with Gasteiger partial charge in [0.15, 0.2) is 0 Å². The van der Waals surface area contributed by atoms with Crippen LogP contribution in [0, 0.1) is 0 Å². The smallest absolute Gasteiger partial charge is 0.351 e. The molecule has 0 fully saturated rings. The molecule has 0 bridgehead atoms. The summed E-state index contributed by atoms with van der Waals surface area (Å²) < 4.78 is 39.1. The number of rotatable bonds is 3. The van der Waals surface area contributed by atoms with E-state index in [0.717, 1.165) is 5.69 Å². The van der Waals surface area contributed by atoms with E-state index in [2.05, 4.69) is 10.2 Å².